The van der Waals surface area contributed by atoms with Crippen molar-refractivity contribution < 1.29 is 0 Å². The number of thiazole rings is 1. The molecule has 0 radical (unpaired) electrons. The number of anilines is 1. The lowest BCUT2D eigenvalue weighted by Gasteiger charge is -2.23. The molecule has 0 aliphatic carbocycles. The number of hydrogen-bond acceptors (Lipinski definition) is 5. The lowest BCUT2D eigenvalue weighted by Crippen LogP contribution is -2.21. The van der Waals surface area contributed by atoms with Gasteiger partial charge in [0.2, 0.25) is 0 Å². The molecule has 0 atom stereocenters. The number of benzene rings is 2. The first kappa shape index (κ1) is 20.5. The third-order valence-electron chi connectivity index (χ3n) is 5.00. The smallest absolute Gasteiger partial charge is 0.134 e. The zero-order valence-electron chi connectivity index (χ0n) is 17.3. The second-order valence-electron chi connectivity index (χ2n) is 7.03. The second-order valence-corrected chi connectivity index (χ2v) is 7.89. The molecule has 0 bridgehead atoms. The van der Waals surface area contributed by atoms with Crippen LogP contribution in [0.5, 0.6) is 0 Å². The van der Waals surface area contributed by atoms with Gasteiger partial charge in [0, 0.05) is 42.1 Å². The summed E-state index contributed by atoms with van der Waals surface area (Å²) in [5.41, 5.74) is 5.85. The number of pyridine rings is 1. The van der Waals surface area contributed by atoms with Crippen LogP contribution in [0.1, 0.15) is 23.1 Å². The summed E-state index contributed by atoms with van der Waals surface area (Å²) in [6.45, 7) is 3.95. The normalized spacial score (nSPS) is 11.2. The third kappa shape index (κ3) is 5.06. The predicted molar refractivity (Wildman–Crippen MR) is 128 cm³/mol. The van der Waals surface area contributed by atoms with Crippen molar-refractivity contribution in [2.45, 2.75) is 13.5 Å². The van der Waals surface area contributed by atoms with E-state index in [1.165, 1.54) is 16.9 Å². The van der Waals surface area contributed by atoms with Crippen molar-refractivity contribution >= 4 is 28.7 Å². The van der Waals surface area contributed by atoms with Crippen LogP contribution in [0.3, 0.4) is 0 Å². The molecular formula is C26H22N4S. The summed E-state index contributed by atoms with van der Waals surface area (Å²) in [7, 11) is 0. The predicted octanol–water partition coefficient (Wildman–Crippen LogP) is 6.30. The van der Waals surface area contributed by atoms with E-state index in [2.05, 4.69) is 76.4 Å². The SMILES string of the molecule is CCN(Cc1ccccc1)c1ccc(/C=C(/C#N)c2nc(-c3ccncc3)cs2)cc1. The molecule has 2 aromatic carbocycles. The highest BCUT2D eigenvalue weighted by molar-refractivity contribution is 7.11. The molecule has 4 aromatic rings. The Morgan fingerprint density at radius 2 is 1.77 bits per heavy atom. The van der Waals surface area contributed by atoms with Crippen LogP contribution in [0.2, 0.25) is 0 Å². The lowest BCUT2D eigenvalue weighted by atomic mass is 10.1. The minimum absolute atomic E-state index is 0.565. The van der Waals surface area contributed by atoms with Crippen LogP contribution in [0.25, 0.3) is 22.9 Å². The summed E-state index contributed by atoms with van der Waals surface area (Å²) in [6, 6.07) is 24.9. The van der Waals surface area contributed by atoms with E-state index in [-0.39, 0.29) is 0 Å². The standard InChI is InChI=1S/C26H22N4S/c1-2-30(18-21-6-4-3-5-7-21)24-10-8-20(9-11-24)16-23(17-27)26-29-25(19-31-26)22-12-14-28-15-13-22/h3-16,19H,2,18H2,1H3/b23-16-. The molecule has 0 amide bonds. The molecule has 0 N–H and O–H groups in total. The topological polar surface area (TPSA) is 52.8 Å². The number of aromatic nitrogens is 2. The van der Waals surface area contributed by atoms with Crippen LogP contribution in [0, 0.1) is 11.3 Å². The molecule has 5 heteroatoms. The monoisotopic (exact) mass is 422 g/mol. The number of nitrogens with zero attached hydrogens (tertiary/aromatic N) is 4. The first-order valence-corrected chi connectivity index (χ1v) is 11.0. The van der Waals surface area contributed by atoms with Crippen molar-refractivity contribution in [1.82, 2.24) is 9.97 Å². The first-order valence-electron chi connectivity index (χ1n) is 10.1. The Labute approximate surface area is 186 Å². The van der Waals surface area contributed by atoms with Gasteiger partial charge in [-0.2, -0.15) is 5.26 Å². The van der Waals surface area contributed by atoms with Crippen molar-refractivity contribution in [3.05, 3.63) is 101 Å². The maximum atomic E-state index is 9.70. The quantitative estimate of drug-likeness (QED) is 0.328. The van der Waals surface area contributed by atoms with Crippen LogP contribution < -0.4 is 4.90 Å². The van der Waals surface area contributed by atoms with Gasteiger partial charge in [0.25, 0.3) is 0 Å². The van der Waals surface area contributed by atoms with E-state index in [1.54, 1.807) is 12.4 Å². The van der Waals surface area contributed by atoms with Gasteiger partial charge in [-0.1, -0.05) is 42.5 Å². The Balaban J connectivity index is 1.53. The first-order chi connectivity index (χ1) is 15.3. The molecule has 4 nitrogen and oxygen atoms in total. The van der Waals surface area contributed by atoms with E-state index in [0.717, 1.165) is 40.6 Å². The zero-order valence-corrected chi connectivity index (χ0v) is 18.1. The van der Waals surface area contributed by atoms with Gasteiger partial charge in [-0.05, 0) is 48.4 Å². The van der Waals surface area contributed by atoms with Gasteiger partial charge in [-0.25, -0.2) is 4.98 Å². The van der Waals surface area contributed by atoms with E-state index in [1.807, 2.05) is 29.7 Å². The molecule has 152 valence electrons. The van der Waals surface area contributed by atoms with E-state index in [0.29, 0.717) is 5.57 Å². The molecule has 2 aromatic heterocycles. The summed E-state index contributed by atoms with van der Waals surface area (Å²) < 4.78 is 0. The van der Waals surface area contributed by atoms with Crippen molar-refractivity contribution in [3.63, 3.8) is 0 Å². The van der Waals surface area contributed by atoms with Gasteiger partial charge in [0.05, 0.1) is 11.3 Å². The van der Waals surface area contributed by atoms with Gasteiger partial charge >= 0.3 is 0 Å². The van der Waals surface area contributed by atoms with Crippen LogP contribution in [-0.4, -0.2) is 16.5 Å². The highest BCUT2D eigenvalue weighted by Gasteiger charge is 2.10. The van der Waals surface area contributed by atoms with Crippen molar-refractivity contribution in [1.29, 1.82) is 5.26 Å². The van der Waals surface area contributed by atoms with Crippen LogP contribution in [0.4, 0.5) is 5.69 Å². The summed E-state index contributed by atoms with van der Waals surface area (Å²) in [6.07, 6.45) is 5.38. The summed E-state index contributed by atoms with van der Waals surface area (Å²) in [4.78, 5) is 11.0. The van der Waals surface area contributed by atoms with E-state index >= 15 is 0 Å². The van der Waals surface area contributed by atoms with Gasteiger partial charge < -0.3 is 4.90 Å². The van der Waals surface area contributed by atoms with Crippen molar-refractivity contribution in [2.24, 2.45) is 0 Å². The van der Waals surface area contributed by atoms with Crippen LogP contribution in [0.15, 0.2) is 84.5 Å². The number of nitriles is 1. The van der Waals surface area contributed by atoms with E-state index < -0.39 is 0 Å². The van der Waals surface area contributed by atoms with Crippen molar-refractivity contribution in [2.75, 3.05) is 11.4 Å². The average molecular weight is 423 g/mol. The molecule has 2 heterocycles. The molecule has 31 heavy (non-hydrogen) atoms. The maximum absolute atomic E-state index is 9.70. The molecule has 0 fully saturated rings. The van der Waals surface area contributed by atoms with Gasteiger partial charge in [0.15, 0.2) is 0 Å². The summed E-state index contributed by atoms with van der Waals surface area (Å²) in [5.74, 6) is 0. The third-order valence-corrected chi connectivity index (χ3v) is 5.87. The minimum Gasteiger partial charge on any atom is -0.367 e. The van der Waals surface area contributed by atoms with Gasteiger partial charge in [0.1, 0.15) is 11.1 Å². The molecule has 0 aliphatic heterocycles. The fourth-order valence-corrected chi connectivity index (χ4v) is 4.13. The van der Waals surface area contributed by atoms with E-state index in [9.17, 15) is 5.26 Å². The second kappa shape index (κ2) is 9.84. The number of rotatable bonds is 7. The summed E-state index contributed by atoms with van der Waals surface area (Å²) >= 11 is 1.48. The number of allylic oxidation sites excluding steroid dienone is 1. The Morgan fingerprint density at radius 3 is 2.45 bits per heavy atom. The summed E-state index contributed by atoms with van der Waals surface area (Å²) in [5, 5.41) is 12.4. The maximum Gasteiger partial charge on any atom is 0.134 e. The van der Waals surface area contributed by atoms with Crippen molar-refractivity contribution in [3.8, 4) is 17.3 Å². The molecule has 0 saturated carbocycles. The van der Waals surface area contributed by atoms with Crippen LogP contribution >= 0.6 is 11.3 Å². The minimum atomic E-state index is 0.565. The molecule has 0 aliphatic rings. The Hall–Kier alpha value is -3.75. The highest BCUT2D eigenvalue weighted by atomic mass is 32.1. The average Bonchev–Trinajstić information content (AvgIpc) is 3.33. The van der Waals surface area contributed by atoms with E-state index in [4.69, 9.17) is 0 Å². The fraction of sp³-hybridized carbons (Fsp3) is 0.115. The Morgan fingerprint density at radius 1 is 1.03 bits per heavy atom. The van der Waals surface area contributed by atoms with Crippen LogP contribution in [-0.2, 0) is 6.54 Å². The molecule has 0 unspecified atom stereocenters. The lowest BCUT2D eigenvalue weighted by molar-refractivity contribution is 0.832. The molecule has 4 rings (SSSR count). The Kier molecular flexibility index (Phi) is 6.51. The highest BCUT2D eigenvalue weighted by Crippen LogP contribution is 2.27. The molecule has 0 spiro atoms. The van der Waals surface area contributed by atoms with Gasteiger partial charge in [-0.3, -0.25) is 4.98 Å². The molecular weight excluding hydrogens is 400 g/mol. The van der Waals surface area contributed by atoms with Gasteiger partial charge in [-0.15, -0.1) is 11.3 Å². The molecule has 0 saturated heterocycles. The largest absolute Gasteiger partial charge is 0.367 e. The zero-order chi connectivity index (χ0) is 21.5. The number of hydrogen-bond donors (Lipinski definition) is 0. The Bertz CT molecular complexity index is 1190. The fourth-order valence-electron chi connectivity index (χ4n) is 3.33.